The molecule has 1 saturated carbocycles. The van der Waals surface area contributed by atoms with Crippen molar-refractivity contribution in [2.75, 3.05) is 38.5 Å². The first-order valence-corrected chi connectivity index (χ1v) is 11.6. The predicted octanol–water partition coefficient (Wildman–Crippen LogP) is 2.48. The van der Waals surface area contributed by atoms with Crippen LogP contribution in [0, 0.1) is 0 Å². The highest BCUT2D eigenvalue weighted by Gasteiger charge is 2.22. The van der Waals surface area contributed by atoms with Crippen molar-refractivity contribution in [1.82, 2.24) is 24.9 Å². The summed E-state index contributed by atoms with van der Waals surface area (Å²) in [7, 11) is 3.90. The first-order valence-electron chi connectivity index (χ1n) is 11.6. The molecule has 172 valence electrons. The van der Waals surface area contributed by atoms with Crippen LogP contribution in [0.4, 0.5) is 5.69 Å². The fourth-order valence-electron chi connectivity index (χ4n) is 4.52. The van der Waals surface area contributed by atoms with Crippen LogP contribution in [0.15, 0.2) is 30.5 Å². The number of carbonyl (C=O) groups is 2. The first kappa shape index (κ1) is 22.5. The van der Waals surface area contributed by atoms with Gasteiger partial charge in [0.1, 0.15) is 0 Å². The Morgan fingerprint density at radius 2 is 1.78 bits per heavy atom. The molecule has 1 aliphatic carbocycles. The predicted molar refractivity (Wildman–Crippen MR) is 125 cm³/mol. The number of nitrogens with one attached hydrogen (secondary N) is 2. The summed E-state index contributed by atoms with van der Waals surface area (Å²) in [5.41, 5.74) is 2.40. The number of anilines is 1. The molecule has 2 N–H and O–H groups in total. The number of hydrogen-bond acceptors (Lipinski definition) is 5. The van der Waals surface area contributed by atoms with Crippen LogP contribution in [0.5, 0.6) is 0 Å². The quantitative estimate of drug-likeness (QED) is 0.724. The van der Waals surface area contributed by atoms with Crippen molar-refractivity contribution in [3.63, 3.8) is 0 Å². The largest absolute Gasteiger partial charge is 0.348 e. The van der Waals surface area contributed by atoms with Crippen molar-refractivity contribution in [3.8, 4) is 0 Å². The second-order valence-corrected chi connectivity index (χ2v) is 9.11. The Labute approximate surface area is 190 Å². The number of carbonyl (C=O) groups excluding carboxylic acids is 2. The number of hydrogen-bond donors (Lipinski definition) is 2. The fraction of sp³-hybridized carbons (Fsp3) is 0.542. The van der Waals surface area contributed by atoms with E-state index in [1.165, 1.54) is 6.42 Å². The number of aryl methyl sites for hydroxylation is 1. The van der Waals surface area contributed by atoms with Crippen LogP contribution in [-0.2, 0) is 13.6 Å². The Bertz CT molecular complexity index is 942. The summed E-state index contributed by atoms with van der Waals surface area (Å²) in [4.78, 5) is 30.5. The molecule has 0 spiro atoms. The van der Waals surface area contributed by atoms with E-state index in [0.717, 1.165) is 64.0 Å². The van der Waals surface area contributed by atoms with E-state index in [1.54, 1.807) is 24.0 Å². The van der Waals surface area contributed by atoms with Crippen LogP contribution in [-0.4, -0.2) is 70.7 Å². The van der Waals surface area contributed by atoms with E-state index in [-0.39, 0.29) is 23.6 Å². The molecule has 0 radical (unpaired) electrons. The number of amides is 2. The van der Waals surface area contributed by atoms with Crippen LogP contribution < -0.4 is 10.6 Å². The molecule has 1 saturated heterocycles. The van der Waals surface area contributed by atoms with Gasteiger partial charge in [0.05, 0.1) is 5.69 Å². The standard InChI is InChI=1S/C24H34N6O2/c1-28-11-13-30(14-12-28)16-18-7-6-8-19(15-18)23(31)26-21-17-29(2)27-22(21)24(32)25-20-9-4-3-5-10-20/h6-8,15,17,20H,3-5,9-14,16H2,1-2H3,(H,25,32)(H,26,31). The smallest absolute Gasteiger partial charge is 0.274 e. The monoisotopic (exact) mass is 438 g/mol. The number of piperazine rings is 1. The summed E-state index contributed by atoms with van der Waals surface area (Å²) in [6.45, 7) is 5.01. The molecule has 2 aliphatic rings. The molecule has 4 rings (SSSR count). The van der Waals surface area contributed by atoms with Crippen molar-refractivity contribution in [3.05, 3.63) is 47.3 Å². The van der Waals surface area contributed by atoms with Crippen LogP contribution in [0.2, 0.25) is 0 Å². The third kappa shape index (κ3) is 5.75. The van der Waals surface area contributed by atoms with Gasteiger partial charge in [-0.05, 0) is 37.6 Å². The Morgan fingerprint density at radius 1 is 1.03 bits per heavy atom. The van der Waals surface area contributed by atoms with E-state index in [0.29, 0.717) is 11.3 Å². The Kier molecular flexibility index (Phi) is 7.22. The topological polar surface area (TPSA) is 82.5 Å². The summed E-state index contributed by atoms with van der Waals surface area (Å²) >= 11 is 0. The highest BCUT2D eigenvalue weighted by atomic mass is 16.2. The van der Waals surface area contributed by atoms with E-state index in [1.807, 2.05) is 12.1 Å². The van der Waals surface area contributed by atoms with Crippen LogP contribution in [0.3, 0.4) is 0 Å². The molecule has 0 atom stereocenters. The zero-order valence-corrected chi connectivity index (χ0v) is 19.1. The molecule has 2 aromatic rings. The van der Waals surface area contributed by atoms with Gasteiger partial charge in [-0.2, -0.15) is 5.10 Å². The van der Waals surface area contributed by atoms with Gasteiger partial charge in [0, 0.05) is 57.6 Å². The third-order valence-electron chi connectivity index (χ3n) is 6.42. The fourth-order valence-corrected chi connectivity index (χ4v) is 4.52. The van der Waals surface area contributed by atoms with Crippen molar-refractivity contribution in [2.45, 2.75) is 44.7 Å². The summed E-state index contributed by atoms with van der Waals surface area (Å²) < 4.78 is 1.56. The van der Waals surface area contributed by atoms with Crippen molar-refractivity contribution in [1.29, 1.82) is 0 Å². The van der Waals surface area contributed by atoms with Gasteiger partial charge in [-0.15, -0.1) is 0 Å². The van der Waals surface area contributed by atoms with E-state index in [2.05, 4.69) is 38.6 Å². The molecular weight excluding hydrogens is 404 g/mol. The molecule has 0 unspecified atom stereocenters. The van der Waals surface area contributed by atoms with Crippen LogP contribution in [0.1, 0.15) is 58.5 Å². The molecule has 8 heteroatoms. The van der Waals surface area contributed by atoms with Crippen molar-refractivity contribution >= 4 is 17.5 Å². The normalized spacial score (nSPS) is 18.4. The highest BCUT2D eigenvalue weighted by Crippen LogP contribution is 2.20. The third-order valence-corrected chi connectivity index (χ3v) is 6.42. The lowest BCUT2D eigenvalue weighted by atomic mass is 9.95. The molecule has 0 bridgehead atoms. The Morgan fingerprint density at radius 3 is 2.53 bits per heavy atom. The number of nitrogens with zero attached hydrogens (tertiary/aromatic N) is 4. The second kappa shape index (κ2) is 10.3. The van der Waals surface area contributed by atoms with Gasteiger partial charge >= 0.3 is 0 Å². The molecule has 32 heavy (non-hydrogen) atoms. The Hall–Kier alpha value is -2.71. The summed E-state index contributed by atoms with van der Waals surface area (Å²) in [6, 6.07) is 7.91. The van der Waals surface area contributed by atoms with E-state index in [4.69, 9.17) is 0 Å². The minimum Gasteiger partial charge on any atom is -0.348 e. The minimum atomic E-state index is -0.232. The van der Waals surface area contributed by atoms with E-state index < -0.39 is 0 Å². The van der Waals surface area contributed by atoms with E-state index in [9.17, 15) is 9.59 Å². The van der Waals surface area contributed by atoms with Gasteiger partial charge in [-0.25, -0.2) is 0 Å². The number of rotatable bonds is 6. The molecule has 8 nitrogen and oxygen atoms in total. The lowest BCUT2D eigenvalue weighted by Crippen LogP contribution is -2.43. The van der Waals surface area contributed by atoms with Crippen LogP contribution >= 0.6 is 0 Å². The highest BCUT2D eigenvalue weighted by molar-refractivity contribution is 6.08. The van der Waals surface area contributed by atoms with Crippen LogP contribution in [0.25, 0.3) is 0 Å². The zero-order valence-electron chi connectivity index (χ0n) is 19.1. The molecule has 1 aliphatic heterocycles. The second-order valence-electron chi connectivity index (χ2n) is 9.11. The first-order chi connectivity index (χ1) is 15.5. The number of benzene rings is 1. The van der Waals surface area contributed by atoms with Gasteiger partial charge in [0.15, 0.2) is 5.69 Å². The lowest BCUT2D eigenvalue weighted by Gasteiger charge is -2.32. The average Bonchev–Trinajstić information content (AvgIpc) is 3.16. The Balaban J connectivity index is 1.41. The molecule has 2 fully saturated rings. The minimum absolute atomic E-state index is 0.188. The number of aromatic nitrogens is 2. The van der Waals surface area contributed by atoms with Gasteiger partial charge in [0.25, 0.3) is 11.8 Å². The maximum atomic E-state index is 13.0. The molecular formula is C24H34N6O2. The maximum absolute atomic E-state index is 13.0. The number of likely N-dealkylation sites (N-methyl/N-ethyl adjacent to an activating group) is 1. The maximum Gasteiger partial charge on any atom is 0.274 e. The van der Waals surface area contributed by atoms with Crippen molar-refractivity contribution in [2.24, 2.45) is 7.05 Å². The summed E-state index contributed by atoms with van der Waals surface area (Å²) in [6.07, 6.45) is 7.19. The summed E-state index contributed by atoms with van der Waals surface area (Å²) in [5.74, 6) is -0.457. The molecule has 1 aromatic heterocycles. The molecule has 1 aromatic carbocycles. The van der Waals surface area contributed by atoms with E-state index >= 15 is 0 Å². The van der Waals surface area contributed by atoms with Gasteiger partial charge in [-0.3, -0.25) is 19.2 Å². The zero-order chi connectivity index (χ0) is 22.5. The van der Waals surface area contributed by atoms with Gasteiger partial charge in [-0.1, -0.05) is 31.4 Å². The summed E-state index contributed by atoms with van der Waals surface area (Å²) in [5, 5.41) is 10.3. The molecule has 2 heterocycles. The van der Waals surface area contributed by atoms with Crippen molar-refractivity contribution < 1.29 is 9.59 Å². The SMILES string of the molecule is CN1CCN(Cc2cccc(C(=O)Nc3cn(C)nc3C(=O)NC3CCCCC3)c2)CC1. The lowest BCUT2D eigenvalue weighted by molar-refractivity contribution is 0.0923. The van der Waals surface area contributed by atoms with Gasteiger partial charge < -0.3 is 15.5 Å². The van der Waals surface area contributed by atoms with Gasteiger partial charge in [0.2, 0.25) is 0 Å². The molecule has 2 amide bonds. The average molecular weight is 439 g/mol.